The Balaban J connectivity index is 1.68. The van der Waals surface area contributed by atoms with Crippen LogP contribution in [0.25, 0.3) is 34.0 Å². The Labute approximate surface area is 321 Å². The zero-order valence-corrected chi connectivity index (χ0v) is 32.0. The van der Waals surface area contributed by atoms with Crippen LogP contribution in [-0.4, -0.2) is 63.5 Å². The molecule has 0 radical (unpaired) electrons. The number of methoxy groups -OCH3 is 1. The Hall–Kier alpha value is -5.19. The quantitative estimate of drug-likeness (QED) is 0.0791. The molecule has 55 heavy (non-hydrogen) atoms. The number of halogens is 4. The van der Waals surface area contributed by atoms with Crippen molar-refractivity contribution in [3.8, 4) is 28.1 Å². The maximum atomic E-state index is 14.6. The molecule has 4 aromatic carbocycles. The number of nitrogens with zero attached hydrogens (tertiary/aromatic N) is 2. The predicted molar refractivity (Wildman–Crippen MR) is 216 cm³/mol. The molecule has 6 rings (SSSR count). The van der Waals surface area contributed by atoms with Gasteiger partial charge in [0.2, 0.25) is 0 Å². The van der Waals surface area contributed by atoms with Gasteiger partial charge in [0.1, 0.15) is 31.4 Å². The molecular weight excluding hydrogens is 703 g/mol. The van der Waals surface area contributed by atoms with Crippen molar-refractivity contribution in [1.29, 1.82) is 0 Å². The van der Waals surface area contributed by atoms with Gasteiger partial charge in [-0.05, 0) is 105 Å². The zero-order valence-electron chi connectivity index (χ0n) is 32.0. The molecule has 0 N–H and O–H groups in total. The van der Waals surface area contributed by atoms with Gasteiger partial charge in [-0.25, -0.2) is 22.6 Å². The number of allylic oxidation sites excluding steroid dienone is 2. The van der Waals surface area contributed by atoms with Gasteiger partial charge in [0.25, 0.3) is 0 Å². The van der Waals surface area contributed by atoms with Crippen molar-refractivity contribution in [3.05, 3.63) is 147 Å². The molecule has 5 nitrogen and oxygen atoms in total. The topological polar surface area (TPSA) is 45.0 Å². The number of alkyl halides is 4. The maximum absolute atomic E-state index is 14.6. The summed E-state index contributed by atoms with van der Waals surface area (Å²) in [5, 5.41) is 0. The molecule has 0 spiro atoms. The van der Waals surface area contributed by atoms with Crippen molar-refractivity contribution in [2.75, 3.05) is 33.7 Å². The number of rotatable bonds is 15. The highest BCUT2D eigenvalue weighted by molar-refractivity contribution is 6.44. The van der Waals surface area contributed by atoms with Gasteiger partial charge >= 0.3 is 7.25 Å². The standard InChI is InChI=1S/C45H45BF4N2O3/c1-28-7-11-33(12-8-28)42-21-40(38-17-9-29(2)19-31(38)4)43(51-42)23-45-41(39-18-10-30(3)20-32(39)5)22-44(34-13-15-37(53-6)16-14-34)52(45)46(54-26-35(49)24-47)55-27-36(50)25-48/h7-23,35-36H,24-27H2,1-6H3/b43-23-. The zero-order chi connectivity index (χ0) is 39.2. The van der Waals surface area contributed by atoms with Gasteiger partial charge < -0.3 is 18.5 Å². The van der Waals surface area contributed by atoms with Crippen molar-refractivity contribution in [2.24, 2.45) is 4.99 Å². The molecule has 0 fully saturated rings. The van der Waals surface area contributed by atoms with Crippen molar-refractivity contribution < 1.29 is 31.6 Å². The summed E-state index contributed by atoms with van der Waals surface area (Å²) in [6.45, 7) is 6.22. The first-order chi connectivity index (χ1) is 26.5. The fourth-order valence-electron chi connectivity index (χ4n) is 6.77. The van der Waals surface area contributed by atoms with Gasteiger partial charge in [-0.2, -0.15) is 0 Å². The Morgan fingerprint density at radius 3 is 1.76 bits per heavy atom. The molecule has 1 aliphatic rings. The fourth-order valence-corrected chi connectivity index (χ4v) is 6.77. The van der Waals surface area contributed by atoms with Gasteiger partial charge in [0.05, 0.1) is 31.7 Å². The van der Waals surface area contributed by atoms with E-state index < -0.39 is 46.2 Å². The van der Waals surface area contributed by atoms with Crippen LogP contribution in [0, 0.1) is 34.6 Å². The molecule has 0 saturated heterocycles. The summed E-state index contributed by atoms with van der Waals surface area (Å²) >= 11 is 0. The lowest BCUT2D eigenvalue weighted by atomic mass is 9.94. The van der Waals surface area contributed by atoms with Crippen molar-refractivity contribution in [3.63, 3.8) is 0 Å². The van der Waals surface area contributed by atoms with Crippen LogP contribution in [0.4, 0.5) is 17.6 Å². The van der Waals surface area contributed by atoms with E-state index in [0.29, 0.717) is 28.4 Å². The second kappa shape index (κ2) is 17.5. The fraction of sp³-hybridized carbons (Fsp3) is 0.267. The Morgan fingerprint density at radius 1 is 0.673 bits per heavy atom. The minimum Gasteiger partial charge on any atom is -0.497 e. The summed E-state index contributed by atoms with van der Waals surface area (Å²) < 4.78 is 75.1. The molecule has 2 unspecified atom stereocenters. The van der Waals surface area contributed by atoms with E-state index in [0.717, 1.165) is 61.4 Å². The molecule has 0 saturated carbocycles. The number of aliphatic imine (C=N–C) groups is 1. The van der Waals surface area contributed by atoms with Crippen molar-refractivity contribution >= 4 is 24.6 Å². The molecule has 2 heterocycles. The predicted octanol–water partition coefficient (Wildman–Crippen LogP) is 10.8. The van der Waals surface area contributed by atoms with Crippen LogP contribution in [-0.2, 0) is 9.31 Å². The molecule has 0 bridgehead atoms. The highest BCUT2D eigenvalue weighted by atomic mass is 19.2. The first kappa shape index (κ1) is 39.5. The average molecular weight is 749 g/mol. The van der Waals surface area contributed by atoms with E-state index in [4.69, 9.17) is 19.0 Å². The summed E-state index contributed by atoms with van der Waals surface area (Å²) in [7, 11) is 0.0797. The van der Waals surface area contributed by atoms with Crippen LogP contribution in [0.2, 0.25) is 0 Å². The minimum absolute atomic E-state index is 0.550. The number of hydrogen-bond acceptors (Lipinski definition) is 4. The van der Waals surface area contributed by atoms with E-state index in [-0.39, 0.29) is 0 Å². The smallest absolute Gasteiger partial charge is 0.497 e. The third-order valence-corrected chi connectivity index (χ3v) is 9.61. The van der Waals surface area contributed by atoms with E-state index in [2.05, 4.69) is 37.3 Å². The Bertz CT molecular complexity index is 2210. The van der Waals surface area contributed by atoms with Crippen LogP contribution in [0.15, 0.2) is 108 Å². The summed E-state index contributed by atoms with van der Waals surface area (Å²) in [6, 6.07) is 29.8. The van der Waals surface area contributed by atoms with Gasteiger partial charge in [-0.3, -0.25) is 0 Å². The SMILES string of the molecule is COc1ccc(-c2cc(-c3ccc(C)cc3C)c(/C=C3\N=C(c4ccc(C)cc4)C=C3c3ccc(C)cc3C)n2B(OCC(F)CF)OCC(F)CF)cc1. The molecule has 1 aliphatic heterocycles. The third-order valence-electron chi connectivity index (χ3n) is 9.61. The van der Waals surface area contributed by atoms with Gasteiger partial charge in [0, 0.05) is 28.1 Å². The van der Waals surface area contributed by atoms with E-state index in [9.17, 15) is 17.6 Å². The molecule has 1 aromatic heterocycles. The number of aromatic nitrogens is 1. The lowest BCUT2D eigenvalue weighted by molar-refractivity contribution is 0.0997. The number of ether oxygens (including phenoxy) is 1. The first-order valence-electron chi connectivity index (χ1n) is 18.3. The minimum atomic E-state index is -1.97. The number of aryl methyl sites for hydroxylation is 5. The molecule has 2 atom stereocenters. The lowest BCUT2D eigenvalue weighted by Crippen LogP contribution is -2.38. The molecule has 284 valence electrons. The van der Waals surface area contributed by atoms with E-state index >= 15 is 0 Å². The Morgan fingerprint density at radius 2 is 1.22 bits per heavy atom. The third kappa shape index (κ3) is 9.04. The summed E-state index contributed by atoms with van der Waals surface area (Å²) in [5.41, 5.74) is 13.0. The average Bonchev–Trinajstić information content (AvgIpc) is 3.76. The Kier molecular flexibility index (Phi) is 12.6. The maximum Gasteiger partial charge on any atom is 0.598 e. The molecule has 0 aliphatic carbocycles. The van der Waals surface area contributed by atoms with Gasteiger partial charge in [-0.15, -0.1) is 0 Å². The van der Waals surface area contributed by atoms with E-state index in [1.165, 1.54) is 0 Å². The molecule has 0 amide bonds. The number of benzene rings is 4. The summed E-state index contributed by atoms with van der Waals surface area (Å²) in [5.74, 6) is 0.626. The normalized spacial score (nSPS) is 14.5. The van der Waals surface area contributed by atoms with Crippen molar-refractivity contribution in [1.82, 2.24) is 4.48 Å². The van der Waals surface area contributed by atoms with Crippen LogP contribution < -0.4 is 4.74 Å². The second-order valence-electron chi connectivity index (χ2n) is 14.0. The highest BCUT2D eigenvalue weighted by Gasteiger charge is 2.33. The second-order valence-corrected chi connectivity index (χ2v) is 14.0. The van der Waals surface area contributed by atoms with Crippen LogP contribution in [0.1, 0.15) is 44.6 Å². The molecular formula is C45H45BF4N2O3. The first-order valence-corrected chi connectivity index (χ1v) is 18.3. The van der Waals surface area contributed by atoms with Crippen LogP contribution in [0.3, 0.4) is 0 Å². The van der Waals surface area contributed by atoms with Gasteiger partial charge in [0.15, 0.2) is 0 Å². The van der Waals surface area contributed by atoms with E-state index in [1.54, 1.807) is 23.7 Å². The summed E-state index contributed by atoms with van der Waals surface area (Å²) in [4.78, 5) is 5.21. The monoisotopic (exact) mass is 748 g/mol. The van der Waals surface area contributed by atoms with Crippen molar-refractivity contribution in [2.45, 2.75) is 47.0 Å². The largest absolute Gasteiger partial charge is 0.598 e. The molecule has 5 aromatic rings. The van der Waals surface area contributed by atoms with Gasteiger partial charge in [-0.1, -0.05) is 77.4 Å². The van der Waals surface area contributed by atoms with E-state index in [1.807, 2.05) is 88.4 Å². The van der Waals surface area contributed by atoms with Crippen LogP contribution in [0.5, 0.6) is 5.75 Å². The molecule has 10 heteroatoms. The highest BCUT2D eigenvalue weighted by Crippen LogP contribution is 2.41. The summed E-state index contributed by atoms with van der Waals surface area (Å²) in [6.07, 6.45) is 0.0590. The van der Waals surface area contributed by atoms with Crippen LogP contribution >= 0.6 is 0 Å². The number of hydrogen-bond donors (Lipinski definition) is 0. The lowest BCUT2D eigenvalue weighted by Gasteiger charge is -2.22.